The Morgan fingerprint density at radius 1 is 1.45 bits per heavy atom. The number of para-hydroxylation sites is 1. The summed E-state index contributed by atoms with van der Waals surface area (Å²) in [5.74, 6) is 0.650. The third-order valence-corrected chi connectivity index (χ3v) is 4.84. The Labute approximate surface area is 127 Å². The van der Waals surface area contributed by atoms with Gasteiger partial charge in [0.1, 0.15) is 0 Å². The second-order valence-electron chi connectivity index (χ2n) is 4.66. The normalized spacial score (nSPS) is 12.1. The van der Waals surface area contributed by atoms with Crippen LogP contribution >= 0.6 is 23.1 Å². The topological polar surface area (TPSA) is 39.2 Å². The second kappa shape index (κ2) is 6.90. The summed E-state index contributed by atoms with van der Waals surface area (Å²) >= 11 is 3.23. The number of thiazole rings is 1. The van der Waals surface area contributed by atoms with Gasteiger partial charge in [0.25, 0.3) is 0 Å². The van der Waals surface area contributed by atoms with Crippen LogP contribution in [0.4, 0.5) is 0 Å². The van der Waals surface area contributed by atoms with Crippen molar-refractivity contribution in [3.05, 3.63) is 35.9 Å². The fourth-order valence-corrected chi connectivity index (χ4v) is 3.80. The molecule has 1 heterocycles. The van der Waals surface area contributed by atoms with E-state index in [4.69, 9.17) is 4.74 Å². The highest BCUT2D eigenvalue weighted by molar-refractivity contribution is 8.01. The molecule has 2 aromatic rings. The lowest BCUT2D eigenvalue weighted by Gasteiger charge is -2.05. The molecule has 0 fully saturated rings. The number of fused-ring (bicyclic) bond motifs is 1. The van der Waals surface area contributed by atoms with Gasteiger partial charge in [-0.15, -0.1) is 11.3 Å². The van der Waals surface area contributed by atoms with Crippen molar-refractivity contribution in [2.75, 3.05) is 12.9 Å². The van der Waals surface area contributed by atoms with Gasteiger partial charge >= 0.3 is 5.97 Å². The van der Waals surface area contributed by atoms with Gasteiger partial charge in [0.2, 0.25) is 0 Å². The molecule has 5 heteroatoms. The minimum absolute atomic E-state index is 0.257. The molecule has 0 aliphatic carbocycles. The first-order chi connectivity index (χ1) is 9.60. The van der Waals surface area contributed by atoms with Gasteiger partial charge in [-0.1, -0.05) is 43.8 Å². The molecule has 1 aromatic heterocycles. The van der Waals surface area contributed by atoms with E-state index in [1.54, 1.807) is 23.1 Å². The van der Waals surface area contributed by atoms with Crippen LogP contribution in [0, 0.1) is 5.92 Å². The molecule has 0 aliphatic heterocycles. The quantitative estimate of drug-likeness (QED) is 0.473. The molecule has 2 rings (SSSR count). The maximum atomic E-state index is 11.7. The van der Waals surface area contributed by atoms with E-state index in [1.165, 1.54) is 11.8 Å². The van der Waals surface area contributed by atoms with Crippen LogP contribution in [0.3, 0.4) is 0 Å². The molecule has 0 N–H and O–H groups in total. The zero-order valence-corrected chi connectivity index (χ0v) is 13.4. The van der Waals surface area contributed by atoms with E-state index < -0.39 is 0 Å². The largest absolute Gasteiger partial charge is 0.466 e. The van der Waals surface area contributed by atoms with E-state index in [9.17, 15) is 4.79 Å². The lowest BCUT2D eigenvalue weighted by atomic mass is 10.1. The number of benzene rings is 1. The summed E-state index contributed by atoms with van der Waals surface area (Å²) < 4.78 is 6.97. The first-order valence-corrected chi connectivity index (χ1v) is 8.17. The molecule has 0 saturated carbocycles. The summed E-state index contributed by atoms with van der Waals surface area (Å²) in [7, 11) is 1.42. The number of esters is 1. The van der Waals surface area contributed by atoms with Crippen molar-refractivity contribution in [3.63, 3.8) is 0 Å². The van der Waals surface area contributed by atoms with Crippen molar-refractivity contribution in [1.82, 2.24) is 4.98 Å². The Morgan fingerprint density at radius 2 is 2.20 bits per heavy atom. The molecule has 1 aromatic carbocycles. The number of aromatic nitrogens is 1. The highest BCUT2D eigenvalue weighted by atomic mass is 32.2. The minimum Gasteiger partial charge on any atom is -0.466 e. The number of hydrogen-bond acceptors (Lipinski definition) is 5. The van der Waals surface area contributed by atoms with E-state index in [-0.39, 0.29) is 5.97 Å². The summed E-state index contributed by atoms with van der Waals surface area (Å²) in [5.41, 5.74) is 1.71. The van der Waals surface area contributed by atoms with Crippen LogP contribution in [-0.2, 0) is 9.53 Å². The smallest absolute Gasteiger partial charge is 0.334 e. The van der Waals surface area contributed by atoms with Crippen molar-refractivity contribution in [1.29, 1.82) is 0 Å². The monoisotopic (exact) mass is 307 g/mol. The number of rotatable bonds is 5. The second-order valence-corrected chi connectivity index (χ2v) is 6.92. The van der Waals surface area contributed by atoms with Gasteiger partial charge in [-0.2, -0.15) is 0 Å². The lowest BCUT2D eigenvalue weighted by Crippen LogP contribution is -2.08. The molecule has 20 heavy (non-hydrogen) atoms. The zero-order chi connectivity index (χ0) is 14.5. The maximum Gasteiger partial charge on any atom is 0.334 e. The first-order valence-electron chi connectivity index (χ1n) is 6.37. The van der Waals surface area contributed by atoms with E-state index in [1.807, 2.05) is 38.1 Å². The molecule has 0 radical (unpaired) electrons. The SMILES string of the molecule is COC(=O)/C(=C\C(C)C)CSc1nc2ccccc2s1. The van der Waals surface area contributed by atoms with Gasteiger partial charge in [0.05, 0.1) is 17.3 Å². The molecule has 106 valence electrons. The summed E-state index contributed by atoms with van der Waals surface area (Å²) in [5, 5.41) is 0. The predicted molar refractivity (Wildman–Crippen MR) is 85.3 cm³/mol. The van der Waals surface area contributed by atoms with Crippen LogP contribution in [-0.4, -0.2) is 23.8 Å². The van der Waals surface area contributed by atoms with Crippen molar-refractivity contribution in [2.45, 2.75) is 18.2 Å². The number of methoxy groups -OCH3 is 1. The Hall–Kier alpha value is -1.33. The molecule has 0 saturated heterocycles. The van der Waals surface area contributed by atoms with Crippen molar-refractivity contribution >= 4 is 39.3 Å². The molecule has 0 bridgehead atoms. The van der Waals surface area contributed by atoms with E-state index in [2.05, 4.69) is 11.1 Å². The number of thioether (sulfide) groups is 1. The molecule has 0 aliphatic rings. The highest BCUT2D eigenvalue weighted by Gasteiger charge is 2.12. The summed E-state index contributed by atoms with van der Waals surface area (Å²) in [6.45, 7) is 4.09. The Morgan fingerprint density at radius 3 is 2.85 bits per heavy atom. The van der Waals surface area contributed by atoms with Crippen LogP contribution in [0.5, 0.6) is 0 Å². The average molecular weight is 307 g/mol. The van der Waals surface area contributed by atoms with Crippen LogP contribution in [0.2, 0.25) is 0 Å². The molecule has 0 unspecified atom stereocenters. The fourth-order valence-electron chi connectivity index (χ4n) is 1.76. The average Bonchev–Trinajstić information content (AvgIpc) is 2.84. The van der Waals surface area contributed by atoms with Crippen molar-refractivity contribution in [3.8, 4) is 0 Å². The number of carbonyl (C=O) groups excluding carboxylic acids is 1. The van der Waals surface area contributed by atoms with Gasteiger partial charge in [-0.05, 0) is 18.1 Å². The van der Waals surface area contributed by atoms with E-state index in [0.29, 0.717) is 17.2 Å². The van der Waals surface area contributed by atoms with Crippen LogP contribution in [0.25, 0.3) is 10.2 Å². The number of allylic oxidation sites excluding steroid dienone is 1. The van der Waals surface area contributed by atoms with Gasteiger partial charge in [0.15, 0.2) is 4.34 Å². The number of nitrogens with zero attached hydrogens (tertiary/aromatic N) is 1. The Balaban J connectivity index is 2.10. The Bertz CT molecular complexity index is 599. The third-order valence-electron chi connectivity index (χ3n) is 2.61. The van der Waals surface area contributed by atoms with Gasteiger partial charge in [-0.25, -0.2) is 9.78 Å². The van der Waals surface area contributed by atoms with Gasteiger partial charge in [0, 0.05) is 11.3 Å². The zero-order valence-electron chi connectivity index (χ0n) is 11.8. The molecule has 3 nitrogen and oxygen atoms in total. The van der Waals surface area contributed by atoms with Gasteiger partial charge < -0.3 is 4.74 Å². The molecule has 0 amide bonds. The third kappa shape index (κ3) is 3.84. The highest BCUT2D eigenvalue weighted by Crippen LogP contribution is 2.30. The summed E-state index contributed by atoms with van der Waals surface area (Å²) in [6.07, 6.45) is 1.95. The first kappa shape index (κ1) is 15.1. The summed E-state index contributed by atoms with van der Waals surface area (Å²) in [6, 6.07) is 8.05. The number of hydrogen-bond donors (Lipinski definition) is 0. The van der Waals surface area contributed by atoms with Crippen molar-refractivity contribution in [2.24, 2.45) is 5.92 Å². The maximum absolute atomic E-state index is 11.7. The van der Waals surface area contributed by atoms with Crippen LogP contribution < -0.4 is 0 Å². The van der Waals surface area contributed by atoms with Crippen LogP contribution in [0.1, 0.15) is 13.8 Å². The molecular weight excluding hydrogens is 290 g/mol. The lowest BCUT2D eigenvalue weighted by molar-refractivity contribution is -0.136. The fraction of sp³-hybridized carbons (Fsp3) is 0.333. The van der Waals surface area contributed by atoms with Crippen LogP contribution in [0.15, 0.2) is 40.3 Å². The van der Waals surface area contributed by atoms with E-state index in [0.717, 1.165) is 9.86 Å². The summed E-state index contributed by atoms with van der Waals surface area (Å²) in [4.78, 5) is 16.3. The molecular formula is C15H17NO2S2. The molecule has 0 atom stereocenters. The molecule has 0 spiro atoms. The van der Waals surface area contributed by atoms with E-state index >= 15 is 0 Å². The van der Waals surface area contributed by atoms with Crippen molar-refractivity contribution < 1.29 is 9.53 Å². The minimum atomic E-state index is -0.257. The number of ether oxygens (including phenoxy) is 1. The number of carbonyl (C=O) groups is 1. The Kier molecular flexibility index (Phi) is 5.20. The standard InChI is InChI=1S/C15H17NO2S2/c1-10(2)8-11(14(17)18-3)9-19-15-16-12-6-4-5-7-13(12)20-15/h4-8,10H,9H2,1-3H3/b11-8-. The predicted octanol–water partition coefficient (Wildman–Crippen LogP) is 4.14. The van der Waals surface area contributed by atoms with Gasteiger partial charge in [-0.3, -0.25) is 0 Å².